The number of hydrogen-bond acceptors (Lipinski definition) is 15. The highest BCUT2D eigenvalue weighted by Gasteiger charge is 2.50. The molecule has 2 fully saturated rings. The van der Waals surface area contributed by atoms with Gasteiger partial charge in [-0.15, -0.1) is 0 Å². The Morgan fingerprint density at radius 3 is 2.00 bits per heavy atom. The highest BCUT2D eigenvalue weighted by atomic mass is 16.8. The SMILES string of the molecule is CC1OC(OC2C(Oc3c(O)cc(O)c4c(=O)cc(-c5ccc(O)c(O)c5)oc34)OC(C)C(O)C2O)C(O)C(O)C1O. The predicted octanol–water partition coefficient (Wildman–Crippen LogP) is -0.660. The van der Waals surface area contributed by atoms with Gasteiger partial charge < -0.3 is 69.3 Å². The lowest BCUT2D eigenvalue weighted by Crippen LogP contribution is -2.63. The number of benzene rings is 2. The predicted molar refractivity (Wildman–Crippen MR) is 139 cm³/mol. The van der Waals surface area contributed by atoms with Gasteiger partial charge in [0.25, 0.3) is 0 Å². The summed E-state index contributed by atoms with van der Waals surface area (Å²) < 4.78 is 28.5. The normalized spacial score (nSPS) is 33.5. The molecule has 3 heterocycles. The molecule has 2 saturated heterocycles. The van der Waals surface area contributed by atoms with Crippen LogP contribution in [-0.4, -0.2) is 107 Å². The molecule has 0 aliphatic carbocycles. The quantitative estimate of drug-likeness (QED) is 0.166. The third-order valence-corrected chi connectivity index (χ3v) is 7.29. The third kappa shape index (κ3) is 5.21. The van der Waals surface area contributed by atoms with Crippen LogP contribution in [0.25, 0.3) is 22.3 Å². The molecule has 0 bridgehead atoms. The molecule has 15 nitrogen and oxygen atoms in total. The first-order valence-electron chi connectivity index (χ1n) is 12.9. The van der Waals surface area contributed by atoms with Crippen LogP contribution in [0.5, 0.6) is 28.7 Å². The molecule has 228 valence electrons. The fourth-order valence-electron chi connectivity index (χ4n) is 4.85. The van der Waals surface area contributed by atoms with E-state index in [1.807, 2.05) is 0 Å². The number of ether oxygens (including phenoxy) is 4. The maximum absolute atomic E-state index is 13.0. The van der Waals surface area contributed by atoms with Crippen molar-refractivity contribution in [1.82, 2.24) is 0 Å². The average Bonchev–Trinajstić information content (AvgIpc) is 2.94. The van der Waals surface area contributed by atoms with Gasteiger partial charge in [0.1, 0.15) is 47.4 Å². The van der Waals surface area contributed by atoms with Crippen molar-refractivity contribution in [2.24, 2.45) is 0 Å². The number of aromatic hydroxyl groups is 4. The number of aliphatic hydroxyl groups excluding tert-OH is 5. The largest absolute Gasteiger partial charge is 0.507 e. The van der Waals surface area contributed by atoms with Crippen molar-refractivity contribution in [1.29, 1.82) is 0 Å². The van der Waals surface area contributed by atoms with Crippen LogP contribution in [0.3, 0.4) is 0 Å². The Morgan fingerprint density at radius 1 is 0.690 bits per heavy atom. The van der Waals surface area contributed by atoms with E-state index in [1.54, 1.807) is 0 Å². The zero-order valence-electron chi connectivity index (χ0n) is 22.1. The van der Waals surface area contributed by atoms with Gasteiger partial charge in [-0.3, -0.25) is 4.79 Å². The summed E-state index contributed by atoms with van der Waals surface area (Å²) in [5.74, 6) is -3.04. The van der Waals surface area contributed by atoms with E-state index < -0.39 is 107 Å². The molecule has 0 spiro atoms. The first-order chi connectivity index (χ1) is 19.8. The fraction of sp³-hybridized carbons (Fsp3) is 0.444. The van der Waals surface area contributed by atoms with Crippen molar-refractivity contribution in [2.75, 3.05) is 0 Å². The maximum Gasteiger partial charge on any atom is 0.229 e. The van der Waals surface area contributed by atoms with Crippen LogP contribution in [0.4, 0.5) is 0 Å². The van der Waals surface area contributed by atoms with Crippen molar-refractivity contribution in [3.05, 3.63) is 40.6 Å². The Balaban J connectivity index is 1.56. The molecule has 10 atom stereocenters. The van der Waals surface area contributed by atoms with E-state index in [1.165, 1.54) is 19.9 Å². The first kappa shape index (κ1) is 29.8. The molecule has 0 saturated carbocycles. The van der Waals surface area contributed by atoms with E-state index in [4.69, 9.17) is 23.4 Å². The van der Waals surface area contributed by atoms with Gasteiger partial charge in [0.15, 0.2) is 40.7 Å². The maximum atomic E-state index is 13.0. The standard InChI is InChI=1S/C27H30O15/c1-8-18(33)20(35)22(37)26(38-8)42-25-21(36)19(34)9(2)39-27(25)41-23-15(32)6-13(30)17-14(31)7-16(40-24(17)23)10-3-4-11(28)12(29)5-10/h3-9,18-22,25-30,32-37H,1-2H3. The molecule has 2 aliphatic rings. The minimum Gasteiger partial charge on any atom is -0.507 e. The Bertz CT molecular complexity index is 1520. The van der Waals surface area contributed by atoms with Gasteiger partial charge in [-0.2, -0.15) is 0 Å². The zero-order chi connectivity index (χ0) is 30.6. The Kier molecular flexibility index (Phi) is 7.95. The monoisotopic (exact) mass is 594 g/mol. The number of phenols is 4. The Labute approximate surface area is 236 Å². The van der Waals surface area contributed by atoms with Gasteiger partial charge in [0.05, 0.1) is 12.2 Å². The highest BCUT2D eigenvalue weighted by Crippen LogP contribution is 2.43. The highest BCUT2D eigenvalue weighted by molar-refractivity contribution is 5.91. The minimum atomic E-state index is -1.79. The van der Waals surface area contributed by atoms with Crippen molar-refractivity contribution in [2.45, 2.75) is 75.3 Å². The lowest BCUT2D eigenvalue weighted by molar-refractivity contribution is -0.352. The number of hydrogen-bond donors (Lipinski definition) is 9. The number of aliphatic hydroxyl groups is 5. The summed E-state index contributed by atoms with van der Waals surface area (Å²) in [4.78, 5) is 13.0. The van der Waals surface area contributed by atoms with Crippen LogP contribution >= 0.6 is 0 Å². The van der Waals surface area contributed by atoms with E-state index in [0.29, 0.717) is 0 Å². The molecular weight excluding hydrogens is 564 g/mol. The molecule has 2 aliphatic heterocycles. The summed E-state index contributed by atoms with van der Waals surface area (Å²) in [6.07, 6.45) is -15.2. The van der Waals surface area contributed by atoms with Gasteiger partial charge >= 0.3 is 0 Å². The lowest BCUT2D eigenvalue weighted by Gasteiger charge is -2.45. The molecule has 15 heteroatoms. The zero-order valence-corrected chi connectivity index (χ0v) is 22.1. The van der Waals surface area contributed by atoms with Gasteiger partial charge in [-0.1, -0.05) is 0 Å². The van der Waals surface area contributed by atoms with Crippen LogP contribution in [0, 0.1) is 0 Å². The topological polar surface area (TPSA) is 249 Å². The van der Waals surface area contributed by atoms with E-state index in [0.717, 1.165) is 24.3 Å². The van der Waals surface area contributed by atoms with Gasteiger partial charge in [-0.25, -0.2) is 0 Å². The van der Waals surface area contributed by atoms with Crippen LogP contribution in [0.15, 0.2) is 39.5 Å². The smallest absolute Gasteiger partial charge is 0.229 e. The van der Waals surface area contributed by atoms with E-state index >= 15 is 0 Å². The van der Waals surface area contributed by atoms with Crippen LogP contribution in [0.1, 0.15) is 13.8 Å². The molecule has 5 rings (SSSR count). The molecule has 2 aromatic carbocycles. The molecule has 0 amide bonds. The van der Waals surface area contributed by atoms with Crippen molar-refractivity contribution in [3.63, 3.8) is 0 Å². The minimum absolute atomic E-state index is 0.138. The number of fused-ring (bicyclic) bond motifs is 1. The molecule has 0 radical (unpaired) electrons. The van der Waals surface area contributed by atoms with E-state index in [-0.39, 0.29) is 11.3 Å². The number of phenolic OH excluding ortho intramolecular Hbond substituents is 4. The fourth-order valence-corrected chi connectivity index (χ4v) is 4.85. The second kappa shape index (κ2) is 11.2. The Hall–Kier alpha value is -3.67. The molecule has 10 unspecified atom stereocenters. The van der Waals surface area contributed by atoms with Gasteiger partial charge in [0.2, 0.25) is 12.0 Å². The summed E-state index contributed by atoms with van der Waals surface area (Å²) in [6.45, 7) is 2.81. The Morgan fingerprint density at radius 2 is 1.33 bits per heavy atom. The first-order valence-corrected chi connectivity index (χ1v) is 12.9. The molecule has 9 N–H and O–H groups in total. The summed E-state index contributed by atoms with van der Waals surface area (Å²) >= 11 is 0. The van der Waals surface area contributed by atoms with E-state index in [9.17, 15) is 50.8 Å². The second-order valence-corrected chi connectivity index (χ2v) is 10.2. The van der Waals surface area contributed by atoms with E-state index in [2.05, 4.69) is 0 Å². The van der Waals surface area contributed by atoms with Crippen LogP contribution in [0.2, 0.25) is 0 Å². The summed E-state index contributed by atoms with van der Waals surface area (Å²) in [7, 11) is 0. The van der Waals surface area contributed by atoms with Crippen LogP contribution in [-0.2, 0) is 14.2 Å². The average molecular weight is 595 g/mol. The lowest BCUT2D eigenvalue weighted by atomic mass is 9.98. The van der Waals surface area contributed by atoms with Gasteiger partial charge in [0, 0.05) is 17.7 Å². The molecule has 3 aromatic rings. The van der Waals surface area contributed by atoms with Gasteiger partial charge in [-0.05, 0) is 32.0 Å². The third-order valence-electron chi connectivity index (χ3n) is 7.29. The van der Waals surface area contributed by atoms with Crippen LogP contribution < -0.4 is 10.2 Å². The molecule has 42 heavy (non-hydrogen) atoms. The van der Waals surface area contributed by atoms with Crippen molar-refractivity contribution < 1.29 is 69.3 Å². The summed E-state index contributed by atoms with van der Waals surface area (Å²) in [6, 6.07) is 5.40. The van der Waals surface area contributed by atoms with Crippen molar-refractivity contribution >= 4 is 11.0 Å². The number of rotatable bonds is 5. The summed E-state index contributed by atoms with van der Waals surface area (Å²) in [5, 5.41) is 92.2. The molecule has 1 aromatic heterocycles. The second-order valence-electron chi connectivity index (χ2n) is 10.2. The summed E-state index contributed by atoms with van der Waals surface area (Å²) in [5.41, 5.74) is -1.11. The van der Waals surface area contributed by atoms with Crippen molar-refractivity contribution in [3.8, 4) is 40.1 Å². The molecular formula is C27H30O15.